The van der Waals surface area contributed by atoms with Crippen LogP contribution in [-0.4, -0.2) is 22.5 Å². The van der Waals surface area contributed by atoms with E-state index >= 15 is 0 Å². The van der Waals surface area contributed by atoms with E-state index in [1.165, 1.54) is 44.9 Å². The number of carbonyl (C=O) groups is 2. The number of hydrogen-bond donors (Lipinski definition) is 3. The molecular formula is C17H34N2O3. The van der Waals surface area contributed by atoms with Gasteiger partial charge in [0.15, 0.2) is 0 Å². The normalized spacial score (nSPS) is 13.7. The zero-order chi connectivity index (χ0) is 16.8. The van der Waals surface area contributed by atoms with Crippen molar-refractivity contribution >= 4 is 11.9 Å². The number of carboxylic acids is 1. The molecule has 0 aliphatic heterocycles. The molecule has 5 heteroatoms. The number of rotatable bonds is 15. The number of primary amides is 1. The zero-order valence-electron chi connectivity index (χ0n) is 14.1. The van der Waals surface area contributed by atoms with Gasteiger partial charge in [0.25, 0.3) is 0 Å². The van der Waals surface area contributed by atoms with Crippen LogP contribution in [0, 0.1) is 0 Å². The van der Waals surface area contributed by atoms with Crippen LogP contribution in [0.2, 0.25) is 0 Å². The molecule has 0 bridgehead atoms. The lowest BCUT2D eigenvalue weighted by atomic mass is 9.88. The number of aliphatic carboxylic acids is 1. The molecule has 5 N–H and O–H groups in total. The fourth-order valence-corrected chi connectivity index (χ4v) is 2.61. The van der Waals surface area contributed by atoms with Crippen molar-refractivity contribution in [3.63, 3.8) is 0 Å². The monoisotopic (exact) mass is 314 g/mol. The maximum atomic E-state index is 11.2. The van der Waals surface area contributed by atoms with E-state index in [1.807, 2.05) is 0 Å². The first-order chi connectivity index (χ1) is 10.4. The van der Waals surface area contributed by atoms with Gasteiger partial charge in [-0.3, -0.25) is 9.59 Å². The summed E-state index contributed by atoms with van der Waals surface area (Å²) in [4.78, 5) is 22.0. The fraction of sp³-hybridized carbons (Fsp3) is 0.882. The van der Waals surface area contributed by atoms with Crippen molar-refractivity contribution in [1.82, 2.24) is 0 Å². The Kier molecular flexibility index (Phi) is 11.8. The third-order valence-electron chi connectivity index (χ3n) is 4.22. The zero-order valence-corrected chi connectivity index (χ0v) is 14.1. The van der Waals surface area contributed by atoms with E-state index in [4.69, 9.17) is 11.5 Å². The highest BCUT2D eigenvalue weighted by atomic mass is 16.4. The van der Waals surface area contributed by atoms with Gasteiger partial charge in [-0.1, -0.05) is 71.1 Å². The van der Waals surface area contributed by atoms with Crippen molar-refractivity contribution in [3.8, 4) is 0 Å². The summed E-state index contributed by atoms with van der Waals surface area (Å²) in [6, 6.07) is 0. The Hall–Kier alpha value is -1.10. The molecule has 0 aromatic carbocycles. The van der Waals surface area contributed by atoms with E-state index in [2.05, 4.69) is 6.92 Å². The van der Waals surface area contributed by atoms with Gasteiger partial charge in [0, 0.05) is 6.42 Å². The van der Waals surface area contributed by atoms with Crippen LogP contribution in [0.4, 0.5) is 0 Å². The maximum absolute atomic E-state index is 11.2. The fourth-order valence-electron chi connectivity index (χ4n) is 2.61. The second kappa shape index (κ2) is 12.4. The lowest BCUT2D eigenvalue weighted by Gasteiger charge is -2.24. The van der Waals surface area contributed by atoms with Crippen molar-refractivity contribution in [2.24, 2.45) is 11.5 Å². The topological polar surface area (TPSA) is 106 Å². The van der Waals surface area contributed by atoms with E-state index in [-0.39, 0.29) is 12.8 Å². The van der Waals surface area contributed by atoms with Gasteiger partial charge in [0.2, 0.25) is 5.91 Å². The number of carboxylic acid groups (broad SMARTS) is 1. The summed E-state index contributed by atoms with van der Waals surface area (Å²) in [6.07, 6.45) is 12.5. The number of carbonyl (C=O) groups excluding carboxylic acids is 1. The average molecular weight is 314 g/mol. The van der Waals surface area contributed by atoms with Gasteiger partial charge >= 0.3 is 5.97 Å². The molecule has 0 saturated heterocycles. The summed E-state index contributed by atoms with van der Waals surface area (Å²) in [5.74, 6) is -1.54. The van der Waals surface area contributed by atoms with Crippen molar-refractivity contribution < 1.29 is 14.7 Å². The first-order valence-electron chi connectivity index (χ1n) is 8.73. The Balaban J connectivity index is 3.68. The summed E-state index contributed by atoms with van der Waals surface area (Å²) in [7, 11) is 0. The van der Waals surface area contributed by atoms with Crippen molar-refractivity contribution in [2.75, 3.05) is 0 Å². The van der Waals surface area contributed by atoms with E-state index in [1.54, 1.807) is 0 Å². The maximum Gasteiger partial charge on any atom is 0.323 e. The van der Waals surface area contributed by atoms with Crippen LogP contribution >= 0.6 is 0 Å². The highest BCUT2D eigenvalue weighted by molar-refractivity contribution is 5.80. The van der Waals surface area contributed by atoms with Gasteiger partial charge in [-0.05, 0) is 12.8 Å². The van der Waals surface area contributed by atoms with Crippen molar-refractivity contribution in [1.29, 1.82) is 0 Å². The summed E-state index contributed by atoms with van der Waals surface area (Å²) in [6.45, 7) is 2.22. The SMILES string of the molecule is CCCCCCCCCCCC[C@](N)(CCC(N)=O)C(=O)O. The molecule has 1 atom stereocenters. The van der Waals surface area contributed by atoms with Crippen LogP contribution in [0.25, 0.3) is 0 Å². The van der Waals surface area contributed by atoms with Gasteiger partial charge in [0.05, 0.1) is 0 Å². The summed E-state index contributed by atoms with van der Waals surface area (Å²) in [5.41, 5.74) is 9.65. The van der Waals surface area contributed by atoms with Crippen LogP contribution in [0.15, 0.2) is 0 Å². The van der Waals surface area contributed by atoms with Gasteiger partial charge < -0.3 is 16.6 Å². The van der Waals surface area contributed by atoms with Crippen molar-refractivity contribution in [3.05, 3.63) is 0 Å². The molecule has 0 fully saturated rings. The largest absolute Gasteiger partial charge is 0.480 e. The summed E-state index contributed by atoms with van der Waals surface area (Å²) in [5, 5.41) is 9.21. The summed E-state index contributed by atoms with van der Waals surface area (Å²) < 4.78 is 0. The predicted octanol–water partition coefficient (Wildman–Crippen LogP) is 3.35. The van der Waals surface area contributed by atoms with Crippen LogP contribution < -0.4 is 11.5 Å². The Morgan fingerprint density at radius 3 is 1.73 bits per heavy atom. The average Bonchev–Trinajstić information content (AvgIpc) is 2.47. The van der Waals surface area contributed by atoms with Gasteiger partial charge in [-0.15, -0.1) is 0 Å². The molecule has 130 valence electrons. The molecule has 1 amide bonds. The van der Waals surface area contributed by atoms with Crippen LogP contribution in [-0.2, 0) is 9.59 Å². The molecular weight excluding hydrogens is 280 g/mol. The molecule has 0 aromatic rings. The lowest BCUT2D eigenvalue weighted by Crippen LogP contribution is -2.48. The molecule has 0 spiro atoms. The standard InChI is InChI=1S/C17H34N2O3/c1-2-3-4-5-6-7-8-9-10-11-13-17(19,16(21)22)14-12-15(18)20/h2-14,19H2,1H3,(H2,18,20)(H,21,22)/t17-/m0/s1. The minimum Gasteiger partial charge on any atom is -0.480 e. The Bertz CT molecular complexity index is 321. The number of hydrogen-bond acceptors (Lipinski definition) is 3. The molecule has 0 aliphatic rings. The lowest BCUT2D eigenvalue weighted by molar-refractivity contribution is -0.144. The molecule has 0 radical (unpaired) electrons. The first-order valence-corrected chi connectivity index (χ1v) is 8.73. The first kappa shape index (κ1) is 20.9. The van der Waals surface area contributed by atoms with E-state index < -0.39 is 17.4 Å². The quantitative estimate of drug-likeness (QED) is 0.403. The Labute approximate surface area is 134 Å². The minimum atomic E-state index is -1.31. The van der Waals surface area contributed by atoms with Gasteiger partial charge in [-0.25, -0.2) is 0 Å². The molecule has 0 aliphatic carbocycles. The number of amides is 1. The molecule has 0 saturated carbocycles. The van der Waals surface area contributed by atoms with E-state index in [9.17, 15) is 14.7 Å². The second-order valence-electron chi connectivity index (χ2n) is 6.36. The number of nitrogens with two attached hydrogens (primary N) is 2. The van der Waals surface area contributed by atoms with Crippen LogP contribution in [0.3, 0.4) is 0 Å². The molecule has 0 unspecified atom stereocenters. The third-order valence-corrected chi connectivity index (χ3v) is 4.22. The molecule has 0 heterocycles. The molecule has 0 rings (SSSR count). The van der Waals surface area contributed by atoms with Crippen LogP contribution in [0.5, 0.6) is 0 Å². The van der Waals surface area contributed by atoms with Gasteiger partial charge in [0.1, 0.15) is 5.54 Å². The number of unbranched alkanes of at least 4 members (excludes halogenated alkanes) is 9. The predicted molar refractivity (Wildman–Crippen MR) is 89.4 cm³/mol. The van der Waals surface area contributed by atoms with Gasteiger partial charge in [-0.2, -0.15) is 0 Å². The third kappa shape index (κ3) is 10.6. The van der Waals surface area contributed by atoms with Crippen LogP contribution in [0.1, 0.15) is 90.4 Å². The minimum absolute atomic E-state index is 0.0283. The highest BCUT2D eigenvalue weighted by Crippen LogP contribution is 2.20. The summed E-state index contributed by atoms with van der Waals surface area (Å²) >= 11 is 0. The Morgan fingerprint density at radius 2 is 1.32 bits per heavy atom. The van der Waals surface area contributed by atoms with E-state index in [0.717, 1.165) is 19.3 Å². The molecule has 22 heavy (non-hydrogen) atoms. The smallest absolute Gasteiger partial charge is 0.323 e. The van der Waals surface area contributed by atoms with Crippen molar-refractivity contribution in [2.45, 2.75) is 95.9 Å². The highest BCUT2D eigenvalue weighted by Gasteiger charge is 2.33. The Morgan fingerprint density at radius 1 is 0.864 bits per heavy atom. The van der Waals surface area contributed by atoms with E-state index in [0.29, 0.717) is 6.42 Å². The molecule has 5 nitrogen and oxygen atoms in total. The molecule has 0 aromatic heterocycles. The second-order valence-corrected chi connectivity index (χ2v) is 6.36.